The number of fused-ring (bicyclic) bond motifs is 1. The highest BCUT2D eigenvalue weighted by molar-refractivity contribution is 5.82. The number of nitriles is 1. The number of nitrogens with one attached hydrogen (secondary N) is 2. The molecule has 4 heteroatoms. The third kappa shape index (κ3) is 1.81. The van der Waals surface area contributed by atoms with Crippen LogP contribution in [0.2, 0.25) is 0 Å². The van der Waals surface area contributed by atoms with Gasteiger partial charge in [0.1, 0.15) is 11.9 Å². The first-order valence-electron chi connectivity index (χ1n) is 5.64. The lowest BCUT2D eigenvalue weighted by Gasteiger charge is -2.28. The molecule has 0 bridgehead atoms. The number of hydrogen-bond acceptors (Lipinski definition) is 4. The van der Waals surface area contributed by atoms with Crippen molar-refractivity contribution in [3.63, 3.8) is 0 Å². The van der Waals surface area contributed by atoms with Crippen LogP contribution in [0.5, 0.6) is 0 Å². The van der Waals surface area contributed by atoms with Crippen molar-refractivity contribution in [1.29, 1.82) is 5.26 Å². The Bertz CT molecular complexity index is 596. The van der Waals surface area contributed by atoms with Crippen molar-refractivity contribution in [2.75, 3.05) is 18.4 Å². The summed E-state index contributed by atoms with van der Waals surface area (Å²) < 4.78 is 0. The second kappa shape index (κ2) is 4.04. The average Bonchev–Trinajstić information content (AvgIpc) is 2.32. The first kappa shape index (κ1) is 10.1. The van der Waals surface area contributed by atoms with Crippen LogP contribution >= 0.6 is 0 Å². The summed E-state index contributed by atoms with van der Waals surface area (Å²) in [7, 11) is 0. The van der Waals surface area contributed by atoms with Crippen LogP contribution in [0.3, 0.4) is 0 Å². The number of rotatable bonds is 2. The molecular formula is C13H12N4. The molecule has 1 aliphatic heterocycles. The number of pyridine rings is 1. The van der Waals surface area contributed by atoms with E-state index in [1.165, 1.54) is 0 Å². The minimum atomic E-state index is 0.385. The number of anilines is 1. The van der Waals surface area contributed by atoms with E-state index in [0.717, 1.165) is 24.0 Å². The lowest BCUT2D eigenvalue weighted by atomic mass is 10.1. The van der Waals surface area contributed by atoms with Gasteiger partial charge in [-0.2, -0.15) is 5.26 Å². The summed E-state index contributed by atoms with van der Waals surface area (Å²) in [6, 6.07) is 12.3. The molecule has 84 valence electrons. The fourth-order valence-corrected chi connectivity index (χ4v) is 1.90. The Morgan fingerprint density at radius 1 is 1.35 bits per heavy atom. The predicted octanol–water partition coefficient (Wildman–Crippen LogP) is 1.49. The van der Waals surface area contributed by atoms with E-state index in [1.54, 1.807) is 0 Å². The van der Waals surface area contributed by atoms with E-state index in [-0.39, 0.29) is 0 Å². The zero-order valence-corrected chi connectivity index (χ0v) is 9.27. The highest BCUT2D eigenvalue weighted by Crippen LogP contribution is 2.20. The van der Waals surface area contributed by atoms with Crippen LogP contribution in [0.15, 0.2) is 30.3 Å². The molecule has 4 nitrogen and oxygen atoms in total. The molecular weight excluding hydrogens is 212 g/mol. The van der Waals surface area contributed by atoms with Crippen LogP contribution in [0.25, 0.3) is 10.9 Å². The van der Waals surface area contributed by atoms with Gasteiger partial charge in [0, 0.05) is 18.5 Å². The maximum atomic E-state index is 9.14. The molecule has 17 heavy (non-hydrogen) atoms. The van der Waals surface area contributed by atoms with Gasteiger partial charge in [0.25, 0.3) is 0 Å². The van der Waals surface area contributed by atoms with Gasteiger partial charge in [0.05, 0.1) is 17.1 Å². The Labute approximate surface area is 99.3 Å². The molecule has 0 saturated carbocycles. The standard InChI is InChI=1S/C13H12N4/c14-6-10-5-9-3-1-2-4-12(9)17-13(10)16-11-7-15-8-11/h1-5,11,15H,7-8H2,(H,16,17). The summed E-state index contributed by atoms with van der Waals surface area (Å²) in [4.78, 5) is 4.51. The molecule has 3 rings (SSSR count). The van der Waals surface area contributed by atoms with Gasteiger partial charge in [-0.1, -0.05) is 18.2 Å². The van der Waals surface area contributed by atoms with E-state index in [4.69, 9.17) is 5.26 Å². The molecule has 2 heterocycles. The third-order valence-corrected chi connectivity index (χ3v) is 2.97. The predicted molar refractivity (Wildman–Crippen MR) is 66.7 cm³/mol. The fraction of sp³-hybridized carbons (Fsp3) is 0.231. The van der Waals surface area contributed by atoms with E-state index in [1.807, 2.05) is 30.3 Å². The Balaban J connectivity index is 2.05. The smallest absolute Gasteiger partial charge is 0.144 e. The van der Waals surface area contributed by atoms with Gasteiger partial charge < -0.3 is 10.6 Å². The van der Waals surface area contributed by atoms with E-state index in [0.29, 0.717) is 17.4 Å². The van der Waals surface area contributed by atoms with Gasteiger partial charge in [-0.15, -0.1) is 0 Å². The SMILES string of the molecule is N#Cc1cc2ccccc2nc1NC1CNC1. The molecule has 1 saturated heterocycles. The molecule has 0 unspecified atom stereocenters. The largest absolute Gasteiger partial charge is 0.364 e. The van der Waals surface area contributed by atoms with Crippen molar-refractivity contribution in [2.45, 2.75) is 6.04 Å². The summed E-state index contributed by atoms with van der Waals surface area (Å²) in [6.07, 6.45) is 0. The highest BCUT2D eigenvalue weighted by atomic mass is 15.1. The Morgan fingerprint density at radius 3 is 2.88 bits per heavy atom. The second-order valence-electron chi connectivity index (χ2n) is 4.19. The molecule has 0 spiro atoms. The average molecular weight is 224 g/mol. The van der Waals surface area contributed by atoms with Crippen molar-refractivity contribution in [1.82, 2.24) is 10.3 Å². The molecule has 2 aromatic rings. The quantitative estimate of drug-likeness (QED) is 0.811. The summed E-state index contributed by atoms with van der Waals surface area (Å²) >= 11 is 0. The van der Waals surface area contributed by atoms with Crippen LogP contribution in [-0.4, -0.2) is 24.1 Å². The third-order valence-electron chi connectivity index (χ3n) is 2.97. The van der Waals surface area contributed by atoms with Crippen LogP contribution < -0.4 is 10.6 Å². The van der Waals surface area contributed by atoms with E-state index >= 15 is 0 Å². The summed E-state index contributed by atoms with van der Waals surface area (Å²) in [5, 5.41) is 16.6. The van der Waals surface area contributed by atoms with Crippen molar-refractivity contribution in [3.05, 3.63) is 35.9 Å². The molecule has 0 amide bonds. The Kier molecular flexibility index (Phi) is 2.39. The minimum Gasteiger partial charge on any atom is -0.364 e. The molecule has 1 aromatic heterocycles. The van der Waals surface area contributed by atoms with Crippen LogP contribution in [0, 0.1) is 11.3 Å². The molecule has 1 aliphatic rings. The van der Waals surface area contributed by atoms with Gasteiger partial charge in [-0.25, -0.2) is 4.98 Å². The molecule has 0 radical (unpaired) electrons. The monoisotopic (exact) mass is 224 g/mol. The summed E-state index contributed by atoms with van der Waals surface area (Å²) in [5.74, 6) is 0.692. The number of hydrogen-bond donors (Lipinski definition) is 2. The minimum absolute atomic E-state index is 0.385. The lowest BCUT2D eigenvalue weighted by Crippen LogP contribution is -2.51. The maximum absolute atomic E-state index is 9.14. The normalized spacial score (nSPS) is 15.2. The highest BCUT2D eigenvalue weighted by Gasteiger charge is 2.18. The molecule has 1 fully saturated rings. The number of nitrogens with zero attached hydrogens (tertiary/aromatic N) is 2. The molecule has 0 aliphatic carbocycles. The number of aromatic nitrogens is 1. The second-order valence-corrected chi connectivity index (χ2v) is 4.19. The molecule has 0 atom stereocenters. The maximum Gasteiger partial charge on any atom is 0.144 e. The van der Waals surface area contributed by atoms with E-state index in [2.05, 4.69) is 21.7 Å². The van der Waals surface area contributed by atoms with Crippen LogP contribution in [0.4, 0.5) is 5.82 Å². The van der Waals surface area contributed by atoms with Gasteiger partial charge in [-0.05, 0) is 12.1 Å². The topological polar surface area (TPSA) is 60.7 Å². The molecule has 1 aromatic carbocycles. The van der Waals surface area contributed by atoms with Crippen LogP contribution in [0.1, 0.15) is 5.56 Å². The lowest BCUT2D eigenvalue weighted by molar-refractivity contribution is 0.471. The fourth-order valence-electron chi connectivity index (χ4n) is 1.90. The zero-order chi connectivity index (χ0) is 11.7. The number of para-hydroxylation sites is 1. The Morgan fingerprint density at radius 2 is 2.18 bits per heavy atom. The number of benzene rings is 1. The zero-order valence-electron chi connectivity index (χ0n) is 9.27. The van der Waals surface area contributed by atoms with Crippen molar-refractivity contribution < 1.29 is 0 Å². The van der Waals surface area contributed by atoms with Gasteiger partial charge >= 0.3 is 0 Å². The van der Waals surface area contributed by atoms with Crippen molar-refractivity contribution in [2.24, 2.45) is 0 Å². The first-order chi connectivity index (χ1) is 8.36. The van der Waals surface area contributed by atoms with Gasteiger partial charge in [0.15, 0.2) is 0 Å². The molecule has 2 N–H and O–H groups in total. The Hall–Kier alpha value is -2.12. The van der Waals surface area contributed by atoms with Crippen molar-refractivity contribution >= 4 is 16.7 Å². The van der Waals surface area contributed by atoms with E-state index < -0.39 is 0 Å². The van der Waals surface area contributed by atoms with Gasteiger partial charge in [-0.3, -0.25) is 0 Å². The summed E-state index contributed by atoms with van der Waals surface area (Å²) in [6.45, 7) is 1.86. The van der Waals surface area contributed by atoms with E-state index in [9.17, 15) is 0 Å². The van der Waals surface area contributed by atoms with Crippen LogP contribution in [-0.2, 0) is 0 Å². The first-order valence-corrected chi connectivity index (χ1v) is 5.64. The van der Waals surface area contributed by atoms with Crippen molar-refractivity contribution in [3.8, 4) is 6.07 Å². The van der Waals surface area contributed by atoms with Gasteiger partial charge in [0.2, 0.25) is 0 Å². The summed E-state index contributed by atoms with van der Waals surface area (Å²) in [5.41, 5.74) is 1.52.